The molecule has 1 aliphatic heterocycles. The van der Waals surface area contributed by atoms with Crippen molar-refractivity contribution in [3.63, 3.8) is 0 Å². The number of alkyl halides is 3. The van der Waals surface area contributed by atoms with Crippen LogP contribution in [0.25, 0.3) is 6.08 Å². The topological polar surface area (TPSA) is 30.8 Å². The van der Waals surface area contributed by atoms with Crippen molar-refractivity contribution in [2.45, 2.75) is 11.8 Å². The molecule has 1 aliphatic rings. The van der Waals surface area contributed by atoms with E-state index in [0.717, 1.165) is 5.56 Å². The molecule has 0 saturated heterocycles. The van der Waals surface area contributed by atoms with Gasteiger partial charge in [-0.2, -0.15) is 13.2 Å². The minimum atomic E-state index is -4.62. The third-order valence-corrected chi connectivity index (χ3v) is 3.95. The smallest absolute Gasteiger partial charge is 0.434 e. The lowest BCUT2D eigenvalue weighted by atomic mass is 9.93. The third-order valence-electron chi connectivity index (χ3n) is 3.95. The second kappa shape index (κ2) is 6.63. The van der Waals surface area contributed by atoms with Gasteiger partial charge in [0, 0.05) is 11.6 Å². The lowest BCUT2D eigenvalue weighted by Crippen LogP contribution is -2.45. The quantitative estimate of drug-likeness (QED) is 0.810. The molecule has 0 saturated carbocycles. The van der Waals surface area contributed by atoms with Crippen LogP contribution in [0.4, 0.5) is 13.2 Å². The summed E-state index contributed by atoms with van der Waals surface area (Å²) < 4.78 is 51.8. The predicted octanol–water partition coefficient (Wildman–Crippen LogP) is 4.59. The average molecular weight is 347 g/mol. The van der Waals surface area contributed by atoms with E-state index in [1.165, 1.54) is 31.4 Å². The van der Waals surface area contributed by atoms with Crippen LogP contribution in [0.3, 0.4) is 0 Å². The maximum Gasteiger partial charge on any atom is 0.434 e. The van der Waals surface area contributed by atoms with Crippen LogP contribution in [0, 0.1) is 0 Å². The molecule has 0 spiro atoms. The molecule has 0 amide bonds. The molecule has 1 atom stereocenters. The second-order valence-electron chi connectivity index (χ2n) is 5.56. The van der Waals surface area contributed by atoms with E-state index in [9.17, 15) is 13.2 Å². The first-order valence-electron chi connectivity index (χ1n) is 7.62. The van der Waals surface area contributed by atoms with E-state index in [4.69, 9.17) is 9.47 Å². The van der Waals surface area contributed by atoms with Crippen LogP contribution in [0.15, 0.2) is 65.7 Å². The van der Waals surface area contributed by atoms with Crippen molar-refractivity contribution in [1.29, 1.82) is 0 Å². The Kier molecular flexibility index (Phi) is 4.53. The molecule has 0 aliphatic carbocycles. The van der Waals surface area contributed by atoms with Gasteiger partial charge in [-0.05, 0) is 23.8 Å². The number of rotatable bonds is 4. The van der Waals surface area contributed by atoms with Crippen molar-refractivity contribution in [3.05, 3.63) is 71.8 Å². The van der Waals surface area contributed by atoms with Crippen LogP contribution >= 0.6 is 0 Å². The standard InChI is InChI=1S/C19H16F3NO2/c1-24-16-9-5-8-15(12-16)18(19(20,21)22)13-23-17(25-18)11-10-14-6-3-2-4-7-14/h2-12H,13H2,1H3/b11-10+. The molecule has 0 radical (unpaired) electrons. The van der Waals surface area contributed by atoms with E-state index in [2.05, 4.69) is 4.99 Å². The number of benzene rings is 2. The van der Waals surface area contributed by atoms with E-state index in [-0.39, 0.29) is 11.5 Å². The minimum absolute atomic E-state index is 0.0359. The van der Waals surface area contributed by atoms with Gasteiger partial charge in [-0.3, -0.25) is 0 Å². The zero-order valence-corrected chi connectivity index (χ0v) is 13.5. The second-order valence-corrected chi connectivity index (χ2v) is 5.56. The molecule has 2 aromatic carbocycles. The Balaban J connectivity index is 1.89. The summed E-state index contributed by atoms with van der Waals surface area (Å²) in [5.74, 6) is 0.280. The van der Waals surface area contributed by atoms with E-state index in [0.29, 0.717) is 5.75 Å². The van der Waals surface area contributed by atoms with Crippen molar-refractivity contribution >= 4 is 12.0 Å². The highest BCUT2D eigenvalue weighted by atomic mass is 19.4. The van der Waals surface area contributed by atoms with Crippen LogP contribution in [0.5, 0.6) is 5.75 Å². The van der Waals surface area contributed by atoms with Gasteiger partial charge in [-0.25, -0.2) is 4.99 Å². The summed E-state index contributed by atoms with van der Waals surface area (Å²) in [4.78, 5) is 3.95. The molecule has 0 N–H and O–H groups in total. The number of hydrogen-bond acceptors (Lipinski definition) is 3. The fourth-order valence-corrected chi connectivity index (χ4v) is 2.59. The summed E-state index contributed by atoms with van der Waals surface area (Å²) in [6.45, 7) is -0.530. The lowest BCUT2D eigenvalue weighted by molar-refractivity contribution is -0.249. The van der Waals surface area contributed by atoms with Crippen molar-refractivity contribution in [3.8, 4) is 5.75 Å². The van der Waals surface area contributed by atoms with Crippen LogP contribution in [0.1, 0.15) is 11.1 Å². The minimum Gasteiger partial charge on any atom is -0.497 e. The highest BCUT2D eigenvalue weighted by Crippen LogP contribution is 2.46. The van der Waals surface area contributed by atoms with E-state index >= 15 is 0 Å². The SMILES string of the molecule is COc1cccc(C2(C(F)(F)F)CN=C(/C=C/c3ccccc3)O2)c1. The maximum absolute atomic E-state index is 13.8. The van der Waals surface area contributed by atoms with Gasteiger partial charge in [-0.1, -0.05) is 42.5 Å². The summed E-state index contributed by atoms with van der Waals surface area (Å²) in [5, 5.41) is 0. The molecule has 0 aromatic heterocycles. The summed E-state index contributed by atoms with van der Waals surface area (Å²) in [6.07, 6.45) is -1.51. The van der Waals surface area contributed by atoms with E-state index < -0.39 is 18.3 Å². The Labute approximate surface area is 143 Å². The molecule has 2 aromatic rings. The molecular formula is C19H16F3NO2. The molecule has 1 heterocycles. The highest BCUT2D eigenvalue weighted by Gasteiger charge is 2.61. The monoisotopic (exact) mass is 347 g/mol. The van der Waals surface area contributed by atoms with Gasteiger partial charge < -0.3 is 9.47 Å². The Morgan fingerprint density at radius 2 is 1.84 bits per heavy atom. The first-order chi connectivity index (χ1) is 11.9. The Hall–Kier alpha value is -2.76. The van der Waals surface area contributed by atoms with Crippen molar-refractivity contribution in [2.24, 2.45) is 4.99 Å². The molecular weight excluding hydrogens is 331 g/mol. The van der Waals surface area contributed by atoms with Crippen LogP contribution in [-0.2, 0) is 10.3 Å². The van der Waals surface area contributed by atoms with Gasteiger partial charge in [0.25, 0.3) is 0 Å². The van der Waals surface area contributed by atoms with Crippen LogP contribution in [0.2, 0.25) is 0 Å². The van der Waals surface area contributed by atoms with Crippen molar-refractivity contribution in [1.82, 2.24) is 0 Å². The molecule has 3 nitrogen and oxygen atoms in total. The normalized spacial score (nSPS) is 20.4. The number of halogens is 3. The number of ether oxygens (including phenoxy) is 2. The first kappa shape index (κ1) is 17.1. The highest BCUT2D eigenvalue weighted by molar-refractivity contribution is 5.93. The largest absolute Gasteiger partial charge is 0.497 e. The Bertz CT molecular complexity index is 800. The summed E-state index contributed by atoms with van der Waals surface area (Å²) in [5.41, 5.74) is -1.69. The predicted molar refractivity (Wildman–Crippen MR) is 89.6 cm³/mol. The fraction of sp³-hybridized carbons (Fsp3) is 0.211. The van der Waals surface area contributed by atoms with Gasteiger partial charge in [0.2, 0.25) is 11.5 Å². The van der Waals surface area contributed by atoms with Gasteiger partial charge in [0.05, 0.1) is 13.7 Å². The zero-order chi connectivity index (χ0) is 17.9. The molecule has 1 unspecified atom stereocenters. The maximum atomic E-state index is 13.8. The van der Waals surface area contributed by atoms with E-state index in [1.807, 2.05) is 30.3 Å². The Morgan fingerprint density at radius 1 is 1.08 bits per heavy atom. The van der Waals surface area contributed by atoms with Crippen molar-refractivity contribution < 1.29 is 22.6 Å². The first-order valence-corrected chi connectivity index (χ1v) is 7.62. The lowest BCUT2D eigenvalue weighted by Gasteiger charge is -2.31. The number of nitrogens with zero attached hydrogens (tertiary/aromatic N) is 1. The van der Waals surface area contributed by atoms with Gasteiger partial charge >= 0.3 is 6.18 Å². The molecule has 3 rings (SSSR count). The van der Waals surface area contributed by atoms with Crippen molar-refractivity contribution in [2.75, 3.05) is 13.7 Å². The summed E-state index contributed by atoms with van der Waals surface area (Å²) >= 11 is 0. The van der Waals surface area contributed by atoms with Gasteiger partial charge in [0.15, 0.2) is 0 Å². The molecule has 130 valence electrons. The number of methoxy groups -OCH3 is 1. The molecule has 0 fully saturated rings. The molecule has 25 heavy (non-hydrogen) atoms. The Morgan fingerprint density at radius 3 is 2.52 bits per heavy atom. The van der Waals surface area contributed by atoms with Crippen LogP contribution < -0.4 is 4.74 Å². The van der Waals surface area contributed by atoms with Crippen LogP contribution in [-0.4, -0.2) is 25.7 Å². The fourth-order valence-electron chi connectivity index (χ4n) is 2.59. The van der Waals surface area contributed by atoms with E-state index in [1.54, 1.807) is 12.1 Å². The van der Waals surface area contributed by atoms with Gasteiger partial charge in [0.1, 0.15) is 5.75 Å². The third kappa shape index (κ3) is 3.38. The summed E-state index contributed by atoms with van der Waals surface area (Å²) in [6, 6.07) is 15.0. The van der Waals surface area contributed by atoms with Gasteiger partial charge in [-0.15, -0.1) is 0 Å². The zero-order valence-electron chi connectivity index (χ0n) is 13.5. The summed E-state index contributed by atoms with van der Waals surface area (Å²) in [7, 11) is 1.40. The number of hydrogen-bond donors (Lipinski definition) is 0. The molecule has 6 heteroatoms. The average Bonchev–Trinajstić information content (AvgIpc) is 3.07. The molecule has 0 bridgehead atoms. The number of aliphatic imine (C=N–C) groups is 1.